The van der Waals surface area contributed by atoms with Crippen molar-refractivity contribution in [3.8, 4) is 23.3 Å². The summed E-state index contributed by atoms with van der Waals surface area (Å²) >= 11 is 7.15. The summed E-state index contributed by atoms with van der Waals surface area (Å²) in [4.78, 5) is 0. The molecule has 0 fully saturated rings. The Balaban J connectivity index is 2.28. The van der Waals surface area contributed by atoms with Crippen LogP contribution in [0.25, 0.3) is 11.1 Å². The van der Waals surface area contributed by atoms with Gasteiger partial charge in [-0.05, 0) is 59.4 Å². The lowest BCUT2D eigenvalue weighted by molar-refractivity contribution is 0.457. The summed E-state index contributed by atoms with van der Waals surface area (Å²) in [5.74, 6) is 0. The predicted molar refractivity (Wildman–Crippen MR) is 97.8 cm³/mol. The first-order chi connectivity index (χ1) is 11.1. The van der Waals surface area contributed by atoms with Crippen LogP contribution in [-0.2, 0) is 5.41 Å². The van der Waals surface area contributed by atoms with Gasteiger partial charge in [-0.1, -0.05) is 44.0 Å². The van der Waals surface area contributed by atoms with E-state index in [0.29, 0.717) is 12.8 Å². The van der Waals surface area contributed by atoms with Crippen LogP contribution in [0.4, 0.5) is 0 Å². The van der Waals surface area contributed by atoms with Gasteiger partial charge >= 0.3 is 0 Å². The Morgan fingerprint density at radius 2 is 1.22 bits per heavy atom. The molecular weight excluding hydrogens is 416 g/mol. The average molecular weight is 430 g/mol. The molecule has 0 radical (unpaired) electrons. The van der Waals surface area contributed by atoms with E-state index in [9.17, 15) is 0 Å². The number of hydrogen-bond donors (Lipinski definition) is 0. The van der Waals surface area contributed by atoms with Gasteiger partial charge in [0.1, 0.15) is 0 Å². The Bertz CT molecular complexity index is 772. The minimum Gasteiger partial charge on any atom is -0.198 e. The van der Waals surface area contributed by atoms with Crippen molar-refractivity contribution in [2.24, 2.45) is 0 Å². The molecule has 0 N–H and O–H groups in total. The number of rotatable bonds is 4. The molecule has 0 bridgehead atoms. The smallest absolute Gasteiger partial charge is 0.0622 e. The van der Waals surface area contributed by atoms with E-state index in [1.54, 1.807) is 0 Å². The third-order valence-electron chi connectivity index (χ3n) is 4.61. The summed E-state index contributed by atoms with van der Waals surface area (Å²) in [7, 11) is 0. The monoisotopic (exact) mass is 428 g/mol. The number of nitrogens with zero attached hydrogens (tertiary/aromatic N) is 2. The molecule has 0 aliphatic heterocycles. The summed E-state index contributed by atoms with van der Waals surface area (Å²) < 4.78 is 2.06. The first-order valence-corrected chi connectivity index (χ1v) is 9.05. The molecule has 114 valence electrons. The number of hydrogen-bond acceptors (Lipinski definition) is 2. The highest BCUT2D eigenvalue weighted by molar-refractivity contribution is 9.10. The molecule has 3 rings (SSSR count). The van der Waals surface area contributed by atoms with Crippen molar-refractivity contribution >= 4 is 31.9 Å². The molecule has 1 aliphatic carbocycles. The SMILES string of the molecule is N#CCCC1(CCC#N)c2cc(Br)ccc2-c2ccc(Br)cc21. The molecule has 0 saturated heterocycles. The molecular formula is C19H14Br2N2. The van der Waals surface area contributed by atoms with Crippen LogP contribution in [0.5, 0.6) is 0 Å². The molecule has 0 unspecified atom stereocenters. The van der Waals surface area contributed by atoms with Gasteiger partial charge in [-0.3, -0.25) is 0 Å². The van der Waals surface area contributed by atoms with Crippen molar-refractivity contribution in [3.05, 3.63) is 56.5 Å². The van der Waals surface area contributed by atoms with Crippen molar-refractivity contribution in [2.75, 3.05) is 0 Å². The molecule has 0 saturated carbocycles. The van der Waals surface area contributed by atoms with Gasteiger partial charge < -0.3 is 0 Å². The van der Waals surface area contributed by atoms with Gasteiger partial charge in [0.2, 0.25) is 0 Å². The Kier molecular flexibility index (Phi) is 4.57. The zero-order chi connectivity index (χ0) is 16.4. The second-order valence-corrected chi connectivity index (χ2v) is 7.61. The van der Waals surface area contributed by atoms with Crippen LogP contribution in [-0.4, -0.2) is 0 Å². The first-order valence-electron chi connectivity index (χ1n) is 7.47. The van der Waals surface area contributed by atoms with Crippen molar-refractivity contribution in [3.63, 3.8) is 0 Å². The van der Waals surface area contributed by atoms with Gasteiger partial charge in [-0.2, -0.15) is 10.5 Å². The quantitative estimate of drug-likeness (QED) is 0.590. The molecule has 2 aromatic rings. The molecule has 2 aromatic carbocycles. The van der Waals surface area contributed by atoms with Gasteiger partial charge in [-0.15, -0.1) is 0 Å². The van der Waals surface area contributed by atoms with E-state index in [1.165, 1.54) is 22.3 Å². The van der Waals surface area contributed by atoms with Crippen LogP contribution in [0.2, 0.25) is 0 Å². The van der Waals surface area contributed by atoms with Gasteiger partial charge in [-0.25, -0.2) is 0 Å². The standard InChI is InChI=1S/C19H14Br2N2/c20-13-3-5-15-16-6-4-14(21)12-18(16)19(7-1-9-22,8-2-10-23)17(15)11-13/h3-6,11-12H,1-2,7-8H2. The molecule has 0 spiro atoms. The molecule has 0 heterocycles. The highest BCUT2D eigenvalue weighted by Crippen LogP contribution is 2.54. The van der Waals surface area contributed by atoms with E-state index in [4.69, 9.17) is 10.5 Å². The van der Waals surface area contributed by atoms with Crippen molar-refractivity contribution in [2.45, 2.75) is 31.1 Å². The second-order valence-electron chi connectivity index (χ2n) is 5.78. The molecule has 0 atom stereocenters. The number of benzene rings is 2. The van der Waals surface area contributed by atoms with Crippen molar-refractivity contribution in [1.29, 1.82) is 10.5 Å². The fourth-order valence-electron chi connectivity index (χ4n) is 3.64. The lowest BCUT2D eigenvalue weighted by atomic mass is 9.71. The molecule has 23 heavy (non-hydrogen) atoms. The largest absolute Gasteiger partial charge is 0.198 e. The summed E-state index contributed by atoms with van der Waals surface area (Å²) in [5, 5.41) is 18.3. The minimum atomic E-state index is -0.260. The van der Waals surface area contributed by atoms with E-state index >= 15 is 0 Å². The third-order valence-corrected chi connectivity index (χ3v) is 5.60. The maximum absolute atomic E-state index is 9.14. The molecule has 2 nitrogen and oxygen atoms in total. The van der Waals surface area contributed by atoms with E-state index in [1.807, 2.05) is 0 Å². The number of halogens is 2. The fourth-order valence-corrected chi connectivity index (χ4v) is 4.36. The van der Waals surface area contributed by atoms with Crippen LogP contribution in [0, 0.1) is 22.7 Å². The highest BCUT2D eigenvalue weighted by Gasteiger charge is 2.42. The fraction of sp³-hybridized carbons (Fsp3) is 0.263. The van der Waals surface area contributed by atoms with Gasteiger partial charge in [0.05, 0.1) is 12.1 Å². The zero-order valence-corrected chi connectivity index (χ0v) is 15.6. The highest BCUT2D eigenvalue weighted by atomic mass is 79.9. The average Bonchev–Trinajstić information content (AvgIpc) is 2.80. The molecule has 0 aromatic heterocycles. The first kappa shape index (κ1) is 16.2. The lowest BCUT2D eigenvalue weighted by Gasteiger charge is -2.31. The van der Waals surface area contributed by atoms with Gasteiger partial charge in [0.15, 0.2) is 0 Å². The van der Waals surface area contributed by atoms with Crippen LogP contribution in [0.15, 0.2) is 45.3 Å². The Hall–Kier alpha value is -1.62. The van der Waals surface area contributed by atoms with Crippen molar-refractivity contribution in [1.82, 2.24) is 0 Å². The van der Waals surface area contributed by atoms with Crippen LogP contribution in [0.3, 0.4) is 0 Å². The molecule has 1 aliphatic rings. The summed E-state index contributed by atoms with van der Waals surface area (Å²) in [5.41, 5.74) is 4.62. The van der Waals surface area contributed by atoms with E-state index in [-0.39, 0.29) is 5.41 Å². The summed E-state index contributed by atoms with van der Waals surface area (Å²) in [6.07, 6.45) is 2.42. The Morgan fingerprint density at radius 3 is 1.61 bits per heavy atom. The van der Waals surface area contributed by atoms with E-state index in [0.717, 1.165) is 21.8 Å². The summed E-state index contributed by atoms with van der Waals surface area (Å²) in [6.45, 7) is 0. The van der Waals surface area contributed by atoms with Crippen molar-refractivity contribution < 1.29 is 0 Å². The Morgan fingerprint density at radius 1 is 0.783 bits per heavy atom. The third kappa shape index (κ3) is 2.71. The second kappa shape index (κ2) is 6.48. The van der Waals surface area contributed by atoms with Crippen LogP contribution >= 0.6 is 31.9 Å². The predicted octanol–water partition coefficient (Wildman–Crippen LogP) is 6.09. The maximum Gasteiger partial charge on any atom is 0.0622 e. The lowest BCUT2D eigenvalue weighted by Crippen LogP contribution is -2.25. The van der Waals surface area contributed by atoms with Crippen LogP contribution < -0.4 is 0 Å². The number of fused-ring (bicyclic) bond motifs is 3. The molecule has 0 amide bonds. The Labute approximate surface area is 153 Å². The van der Waals surface area contributed by atoms with E-state index in [2.05, 4.69) is 80.4 Å². The topological polar surface area (TPSA) is 47.6 Å². The number of nitriles is 2. The zero-order valence-electron chi connectivity index (χ0n) is 12.4. The van der Waals surface area contributed by atoms with Crippen LogP contribution in [0.1, 0.15) is 36.8 Å². The minimum absolute atomic E-state index is 0.260. The van der Waals surface area contributed by atoms with Gasteiger partial charge in [0.25, 0.3) is 0 Å². The van der Waals surface area contributed by atoms with Gasteiger partial charge in [0, 0.05) is 27.2 Å². The summed E-state index contributed by atoms with van der Waals surface area (Å²) in [6, 6.07) is 17.2. The normalized spacial score (nSPS) is 13.7. The molecule has 4 heteroatoms. The van der Waals surface area contributed by atoms with E-state index < -0.39 is 0 Å². The maximum atomic E-state index is 9.14.